The minimum absolute atomic E-state index is 0.117. The molecular weight excluding hydrogens is 429 g/mol. The maximum atomic E-state index is 11.9. The molecule has 1 unspecified atom stereocenters. The van der Waals surface area contributed by atoms with Crippen LogP contribution in [0.5, 0.6) is 0 Å². The Morgan fingerprint density at radius 2 is 2.16 bits per heavy atom. The molecule has 0 aromatic heterocycles. The predicted molar refractivity (Wildman–Crippen MR) is 68.9 cm³/mol. The molecule has 0 fully saturated rings. The number of rotatable bonds is 6. The zero-order chi connectivity index (χ0) is 14.4. The monoisotopic (exact) mass is 439 g/mol. The average Bonchev–Trinajstić information content (AvgIpc) is 2.33. The van der Waals surface area contributed by atoms with Crippen LogP contribution < -0.4 is 30.2 Å². The number of hydrogen-bond donors (Lipinski definition) is 3. The van der Waals surface area contributed by atoms with Gasteiger partial charge in [0.05, 0.1) is 0 Å². The van der Waals surface area contributed by atoms with E-state index in [2.05, 4.69) is 5.32 Å². The first-order valence-corrected chi connectivity index (χ1v) is 8.62. The molecule has 1 atom stereocenters. The summed E-state index contributed by atoms with van der Waals surface area (Å²) in [4.78, 5) is 11.9. The maximum absolute atomic E-state index is 11.9. The van der Waals surface area contributed by atoms with Crippen LogP contribution in [-0.4, -0.2) is 23.5 Å². The third kappa shape index (κ3) is 5.22. The van der Waals surface area contributed by atoms with Gasteiger partial charge in [0, 0.05) is 0 Å². The average molecular weight is 440 g/mol. The van der Waals surface area contributed by atoms with Gasteiger partial charge in [0.2, 0.25) is 0 Å². The van der Waals surface area contributed by atoms with Gasteiger partial charge in [-0.1, -0.05) is 0 Å². The Kier molecular flexibility index (Phi) is 7.66. The molecule has 1 aromatic rings. The van der Waals surface area contributed by atoms with Gasteiger partial charge in [-0.3, -0.25) is 0 Å². The van der Waals surface area contributed by atoms with Crippen LogP contribution in [0.1, 0.15) is 16.8 Å². The van der Waals surface area contributed by atoms with E-state index in [9.17, 15) is 10.0 Å². The molecule has 0 aliphatic carbocycles. The summed E-state index contributed by atoms with van der Waals surface area (Å²) in [6, 6.07) is 3.03. The second-order valence-electron chi connectivity index (χ2n) is 3.36. The fourth-order valence-corrected chi connectivity index (χ4v) is 3.53. The summed E-state index contributed by atoms with van der Waals surface area (Å²) in [6.45, 7) is 0.410. The van der Waals surface area contributed by atoms with Crippen molar-refractivity contribution < 1.29 is 34.9 Å². The van der Waals surface area contributed by atoms with Gasteiger partial charge in [0.1, 0.15) is 0 Å². The molecule has 0 aliphatic heterocycles. The van der Waals surface area contributed by atoms with E-state index in [1.165, 1.54) is 6.07 Å². The SMILES string of the molecule is O=C(NCCCCl)c1c(Cl)ccc([I-][NH+]([O-])O)c1Cl. The summed E-state index contributed by atoms with van der Waals surface area (Å²) in [5, 5.41) is 22.5. The van der Waals surface area contributed by atoms with Crippen LogP contribution in [0.4, 0.5) is 0 Å². The summed E-state index contributed by atoms with van der Waals surface area (Å²) < 4.78 is -0.462. The first-order chi connectivity index (χ1) is 8.97. The topological polar surface area (TPSA) is 76.8 Å². The van der Waals surface area contributed by atoms with E-state index < -0.39 is 30.8 Å². The summed E-state index contributed by atoms with van der Waals surface area (Å²) in [7, 11) is 0. The van der Waals surface area contributed by atoms with Crippen molar-refractivity contribution in [1.82, 2.24) is 5.32 Å². The zero-order valence-corrected chi connectivity index (χ0v) is 14.0. The van der Waals surface area contributed by atoms with Crippen molar-refractivity contribution in [1.29, 1.82) is 0 Å². The van der Waals surface area contributed by atoms with Crippen LogP contribution >= 0.6 is 34.8 Å². The Balaban J connectivity index is 2.95. The van der Waals surface area contributed by atoms with Crippen molar-refractivity contribution in [3.05, 3.63) is 36.5 Å². The van der Waals surface area contributed by atoms with Crippen LogP contribution in [0, 0.1) is 8.78 Å². The van der Waals surface area contributed by atoms with Crippen LogP contribution in [-0.2, 0) is 0 Å². The fraction of sp³-hybridized carbons (Fsp3) is 0.300. The number of benzene rings is 1. The third-order valence-electron chi connectivity index (χ3n) is 2.05. The molecule has 0 spiro atoms. The van der Waals surface area contributed by atoms with Crippen molar-refractivity contribution in [2.45, 2.75) is 6.42 Å². The first kappa shape index (κ1) is 17.2. The van der Waals surface area contributed by atoms with Crippen molar-refractivity contribution >= 4 is 40.7 Å². The van der Waals surface area contributed by atoms with Crippen LogP contribution in [0.15, 0.2) is 12.1 Å². The molecule has 0 saturated carbocycles. The molecular formula is C10H11Cl3IN2O3-. The number of quaternary nitrogens is 1. The van der Waals surface area contributed by atoms with Gasteiger partial charge in [0.15, 0.2) is 0 Å². The van der Waals surface area contributed by atoms with E-state index in [1.54, 1.807) is 6.07 Å². The number of nitrogens with one attached hydrogen (secondary N) is 2. The molecule has 108 valence electrons. The molecule has 5 nitrogen and oxygen atoms in total. The van der Waals surface area contributed by atoms with Crippen LogP contribution in [0.2, 0.25) is 10.0 Å². The quantitative estimate of drug-likeness (QED) is 0.123. The van der Waals surface area contributed by atoms with Crippen molar-refractivity contribution in [2.24, 2.45) is 0 Å². The molecule has 1 rings (SSSR count). The molecule has 0 radical (unpaired) electrons. The first-order valence-electron chi connectivity index (χ1n) is 5.17. The van der Waals surface area contributed by atoms with Gasteiger partial charge >= 0.3 is 136 Å². The number of amides is 1. The zero-order valence-electron chi connectivity index (χ0n) is 9.55. The molecule has 0 bridgehead atoms. The normalized spacial score (nSPS) is 12.5. The number of carbonyl (C=O) groups is 1. The Labute approximate surface area is 136 Å². The van der Waals surface area contributed by atoms with Gasteiger partial charge in [-0.25, -0.2) is 0 Å². The second kappa shape index (κ2) is 8.46. The van der Waals surface area contributed by atoms with Crippen molar-refractivity contribution in [2.75, 3.05) is 12.4 Å². The summed E-state index contributed by atoms with van der Waals surface area (Å²) in [6.07, 6.45) is 0.629. The standard InChI is InChI=1S/C10H11Cl3IN2O3/c11-4-1-5-15-10(17)8-6(12)2-3-7(9(8)13)14-16(18)19/h2-3,16,18H,1,4-5H2,(H,15,17)/q-1. The van der Waals surface area contributed by atoms with Crippen LogP contribution in [0.25, 0.3) is 0 Å². The molecule has 1 amide bonds. The second-order valence-corrected chi connectivity index (χ2v) is 7.15. The molecule has 9 heteroatoms. The van der Waals surface area contributed by atoms with Crippen LogP contribution in [0.3, 0.4) is 0 Å². The van der Waals surface area contributed by atoms with E-state index in [0.717, 1.165) is 0 Å². The summed E-state index contributed by atoms with van der Waals surface area (Å²) >= 11 is 16.2. The number of carbonyl (C=O) groups excluding carboxylic acids is 1. The van der Waals surface area contributed by atoms with Gasteiger partial charge in [-0.05, 0) is 0 Å². The van der Waals surface area contributed by atoms with E-state index in [0.29, 0.717) is 22.4 Å². The van der Waals surface area contributed by atoms with E-state index in [4.69, 9.17) is 40.0 Å². The molecule has 0 saturated heterocycles. The Morgan fingerprint density at radius 1 is 1.47 bits per heavy atom. The molecule has 19 heavy (non-hydrogen) atoms. The van der Waals surface area contributed by atoms with Gasteiger partial charge in [-0.2, -0.15) is 0 Å². The van der Waals surface area contributed by atoms with E-state index in [-0.39, 0.29) is 15.6 Å². The van der Waals surface area contributed by atoms with Gasteiger partial charge in [-0.15, -0.1) is 0 Å². The number of halogens is 4. The van der Waals surface area contributed by atoms with E-state index in [1.807, 2.05) is 0 Å². The molecule has 0 aliphatic rings. The number of hydrogen-bond acceptors (Lipinski definition) is 3. The molecule has 3 N–H and O–H groups in total. The predicted octanol–water partition coefficient (Wildman–Crippen LogP) is -1.70. The summed E-state index contributed by atoms with van der Waals surface area (Å²) in [5.41, 5.74) is 0.122. The molecule has 1 aromatic carbocycles. The van der Waals surface area contributed by atoms with E-state index >= 15 is 0 Å². The Morgan fingerprint density at radius 3 is 2.74 bits per heavy atom. The van der Waals surface area contributed by atoms with Gasteiger partial charge in [0.25, 0.3) is 0 Å². The number of alkyl halides is 1. The van der Waals surface area contributed by atoms with Crippen molar-refractivity contribution in [3.8, 4) is 0 Å². The minimum atomic E-state index is -1.30. The third-order valence-corrected chi connectivity index (χ3v) is 5.28. The van der Waals surface area contributed by atoms with Gasteiger partial charge < -0.3 is 0 Å². The fourth-order valence-electron chi connectivity index (χ4n) is 1.25. The Hall–Kier alpha value is 0.170. The molecule has 0 heterocycles. The Bertz CT molecular complexity index is 460. The van der Waals surface area contributed by atoms with Crippen molar-refractivity contribution in [3.63, 3.8) is 0 Å². The summed E-state index contributed by atoms with van der Waals surface area (Å²) in [5.74, 6) is 0.0167.